The fourth-order valence-electron chi connectivity index (χ4n) is 0.206. The molecule has 0 saturated heterocycles. The molecule has 0 saturated carbocycles. The Hall–Kier alpha value is -0.630. The minimum Gasteiger partial charge on any atom is -0.384 e. The Balaban J connectivity index is 3.15. The predicted octanol–water partition coefficient (Wildman–Crippen LogP) is 0.0331. The van der Waals surface area contributed by atoms with Crippen LogP contribution in [0, 0.1) is 0 Å². The van der Waals surface area contributed by atoms with Crippen LogP contribution in [0.25, 0.3) is 0 Å². The Kier molecular flexibility index (Phi) is 3.24. The summed E-state index contributed by atoms with van der Waals surface area (Å²) in [7, 11) is 0. The molecule has 0 aromatic rings. The molecule has 1 N–H and O–H groups in total. The summed E-state index contributed by atoms with van der Waals surface area (Å²) in [5, 5.41) is 8.36. The van der Waals surface area contributed by atoms with Gasteiger partial charge in [-0.3, -0.25) is 4.79 Å². The fourth-order valence-corrected chi connectivity index (χ4v) is 0.206. The minimum atomic E-state index is -0.975. The van der Waals surface area contributed by atoms with Crippen molar-refractivity contribution in [1.82, 2.24) is 0 Å². The summed E-state index contributed by atoms with van der Waals surface area (Å²) in [6.45, 7) is 3.31. The van der Waals surface area contributed by atoms with E-state index in [1.165, 1.54) is 12.4 Å². The Morgan fingerprint density at radius 2 is 2.57 bits per heavy atom. The topological polar surface area (TPSA) is 37.3 Å². The van der Waals surface area contributed by atoms with E-state index in [-0.39, 0.29) is 0 Å². The molecule has 2 nitrogen and oxygen atoms in total. The van der Waals surface area contributed by atoms with Gasteiger partial charge < -0.3 is 5.11 Å². The first-order valence-electron chi connectivity index (χ1n) is 1.98. The average Bonchev–Trinajstić information content (AvgIpc) is 1.68. The first kappa shape index (κ1) is 6.37. The molecule has 0 amide bonds. The molecule has 2 heteroatoms. The van der Waals surface area contributed by atoms with Crippen LogP contribution < -0.4 is 0 Å². The lowest BCUT2D eigenvalue weighted by molar-refractivity contribution is 0.238. The van der Waals surface area contributed by atoms with Crippen LogP contribution in [0.3, 0.4) is 0 Å². The van der Waals surface area contributed by atoms with E-state index in [4.69, 9.17) is 5.11 Å². The molecule has 1 radical (unpaired) electrons. The number of rotatable bonds is 3. The number of hydrogen-bond donors (Lipinski definition) is 1. The standard InChI is InChI=1S/C5H7O2/c1-2-3-5(7)4-6/h2,5,7H,1,3H2. The van der Waals surface area contributed by atoms with Crippen molar-refractivity contribution in [2.45, 2.75) is 12.5 Å². The average molecular weight is 99.1 g/mol. The van der Waals surface area contributed by atoms with Gasteiger partial charge >= 0.3 is 0 Å². The molecule has 0 spiro atoms. The van der Waals surface area contributed by atoms with Gasteiger partial charge in [-0.15, -0.1) is 6.58 Å². The third kappa shape index (κ3) is 3.19. The molecule has 1 unspecified atom stereocenters. The van der Waals surface area contributed by atoms with Crippen molar-refractivity contribution in [2.75, 3.05) is 0 Å². The molecule has 0 aromatic carbocycles. The molecule has 0 aromatic heterocycles. The Labute approximate surface area is 42.5 Å². The molecule has 0 aliphatic heterocycles. The second kappa shape index (κ2) is 3.56. The fraction of sp³-hybridized carbons (Fsp3) is 0.400. The van der Waals surface area contributed by atoms with Crippen LogP contribution in [-0.2, 0) is 4.79 Å². The lowest BCUT2D eigenvalue weighted by Crippen LogP contribution is -2.04. The van der Waals surface area contributed by atoms with Crippen molar-refractivity contribution in [3.63, 3.8) is 0 Å². The van der Waals surface area contributed by atoms with Crippen LogP contribution >= 0.6 is 0 Å². The van der Waals surface area contributed by atoms with Crippen LogP contribution in [0.4, 0.5) is 0 Å². The summed E-state index contributed by atoms with van der Waals surface area (Å²) in [5.74, 6) is 0. The van der Waals surface area contributed by atoms with E-state index in [1.807, 2.05) is 0 Å². The first-order chi connectivity index (χ1) is 3.31. The van der Waals surface area contributed by atoms with Crippen molar-refractivity contribution < 1.29 is 9.90 Å². The molecule has 0 aliphatic rings. The van der Waals surface area contributed by atoms with Crippen molar-refractivity contribution in [3.05, 3.63) is 12.7 Å². The molecule has 0 rings (SSSR count). The van der Waals surface area contributed by atoms with Gasteiger partial charge in [-0.25, -0.2) is 0 Å². The molecule has 0 aliphatic carbocycles. The third-order valence-corrected chi connectivity index (χ3v) is 0.526. The highest BCUT2D eigenvalue weighted by Gasteiger charge is 1.95. The van der Waals surface area contributed by atoms with Crippen LogP contribution in [0.1, 0.15) is 6.42 Å². The Bertz CT molecular complexity index is 68.5. The summed E-state index contributed by atoms with van der Waals surface area (Å²) < 4.78 is 0. The molecule has 7 heavy (non-hydrogen) atoms. The van der Waals surface area contributed by atoms with Crippen molar-refractivity contribution in [1.29, 1.82) is 0 Å². The van der Waals surface area contributed by atoms with Crippen molar-refractivity contribution in [3.8, 4) is 0 Å². The van der Waals surface area contributed by atoms with Crippen LogP contribution in [0.2, 0.25) is 0 Å². The van der Waals surface area contributed by atoms with Crippen molar-refractivity contribution in [2.24, 2.45) is 0 Å². The van der Waals surface area contributed by atoms with Gasteiger partial charge in [0.05, 0.1) is 0 Å². The molecular weight excluding hydrogens is 92.1 g/mol. The van der Waals surface area contributed by atoms with Gasteiger partial charge in [-0.05, 0) is 6.42 Å². The van der Waals surface area contributed by atoms with Gasteiger partial charge in [-0.2, -0.15) is 0 Å². The zero-order valence-corrected chi connectivity index (χ0v) is 3.92. The molecule has 0 heterocycles. The number of aliphatic hydroxyl groups excluding tert-OH is 1. The van der Waals surface area contributed by atoms with Crippen LogP contribution in [-0.4, -0.2) is 17.5 Å². The van der Waals surface area contributed by atoms with Gasteiger partial charge in [0.1, 0.15) is 6.10 Å². The second-order valence-corrected chi connectivity index (χ2v) is 1.16. The monoisotopic (exact) mass is 99.0 g/mol. The van der Waals surface area contributed by atoms with E-state index in [0.717, 1.165) is 0 Å². The van der Waals surface area contributed by atoms with Gasteiger partial charge in [0, 0.05) is 0 Å². The maximum absolute atomic E-state index is 9.47. The zero-order valence-electron chi connectivity index (χ0n) is 3.92. The molecule has 0 fully saturated rings. The van der Waals surface area contributed by atoms with Gasteiger partial charge in [0.15, 0.2) is 0 Å². The molecular formula is C5H7O2. The summed E-state index contributed by atoms with van der Waals surface area (Å²) in [4.78, 5) is 9.47. The van der Waals surface area contributed by atoms with E-state index in [1.54, 1.807) is 0 Å². The lowest BCUT2D eigenvalue weighted by atomic mass is 10.3. The van der Waals surface area contributed by atoms with Gasteiger partial charge in [-0.1, -0.05) is 6.08 Å². The summed E-state index contributed by atoms with van der Waals surface area (Å²) >= 11 is 0. The molecule has 39 valence electrons. The Morgan fingerprint density at radius 3 is 2.71 bits per heavy atom. The predicted molar refractivity (Wildman–Crippen MR) is 26.5 cm³/mol. The summed E-state index contributed by atoms with van der Waals surface area (Å²) in [5.41, 5.74) is 0. The SMILES string of the molecule is C=CCC(O)[C]=O. The van der Waals surface area contributed by atoms with E-state index in [9.17, 15) is 4.79 Å². The highest BCUT2D eigenvalue weighted by atomic mass is 16.3. The van der Waals surface area contributed by atoms with Crippen LogP contribution in [0.5, 0.6) is 0 Å². The minimum absolute atomic E-state index is 0.295. The largest absolute Gasteiger partial charge is 0.384 e. The van der Waals surface area contributed by atoms with Gasteiger partial charge in [0.25, 0.3) is 0 Å². The highest BCUT2D eigenvalue weighted by Crippen LogP contribution is 1.84. The van der Waals surface area contributed by atoms with Crippen molar-refractivity contribution >= 4 is 6.29 Å². The van der Waals surface area contributed by atoms with Gasteiger partial charge in [0.2, 0.25) is 6.29 Å². The second-order valence-electron chi connectivity index (χ2n) is 1.16. The first-order valence-corrected chi connectivity index (χ1v) is 1.98. The number of hydrogen-bond acceptors (Lipinski definition) is 2. The smallest absolute Gasteiger partial charge is 0.229 e. The summed E-state index contributed by atoms with van der Waals surface area (Å²) in [6, 6.07) is 0. The molecule has 0 bridgehead atoms. The number of aliphatic hydroxyl groups is 1. The van der Waals surface area contributed by atoms with E-state index >= 15 is 0 Å². The van der Waals surface area contributed by atoms with E-state index in [0.29, 0.717) is 6.42 Å². The van der Waals surface area contributed by atoms with E-state index in [2.05, 4.69) is 6.58 Å². The maximum atomic E-state index is 9.47. The zero-order chi connectivity index (χ0) is 5.70. The maximum Gasteiger partial charge on any atom is 0.229 e. The third-order valence-electron chi connectivity index (χ3n) is 0.526. The van der Waals surface area contributed by atoms with E-state index < -0.39 is 6.10 Å². The summed E-state index contributed by atoms with van der Waals surface area (Å²) in [6.07, 6.45) is 2.19. The quantitative estimate of drug-likeness (QED) is 0.507. The van der Waals surface area contributed by atoms with Crippen LogP contribution in [0.15, 0.2) is 12.7 Å². The Morgan fingerprint density at radius 1 is 2.00 bits per heavy atom. The normalized spacial score (nSPS) is 12.7. The highest BCUT2D eigenvalue weighted by molar-refractivity contribution is 5.56. The lowest BCUT2D eigenvalue weighted by Gasteiger charge is -1.89. The molecule has 1 atom stereocenters. The number of carbonyl (C=O) groups excluding carboxylic acids is 1.